The maximum Gasteiger partial charge on any atom is 0.410 e. The lowest BCUT2D eigenvalue weighted by Gasteiger charge is -2.33. The van der Waals surface area contributed by atoms with E-state index in [4.69, 9.17) is 16.3 Å². The third-order valence-electron chi connectivity index (χ3n) is 4.45. The first-order valence-electron chi connectivity index (χ1n) is 8.68. The molecule has 0 fully saturated rings. The highest BCUT2D eigenvalue weighted by Gasteiger charge is 2.47. The van der Waals surface area contributed by atoms with Gasteiger partial charge >= 0.3 is 6.18 Å². The lowest BCUT2D eigenvalue weighted by atomic mass is 9.97. The summed E-state index contributed by atoms with van der Waals surface area (Å²) in [6, 6.07) is 3.96. The van der Waals surface area contributed by atoms with E-state index in [1.54, 1.807) is 38.1 Å². The number of nitrogens with zero attached hydrogens (tertiary/aromatic N) is 2. The number of carbonyl (C=O) groups excluding carboxylic acids is 1. The predicted octanol–water partition coefficient (Wildman–Crippen LogP) is 4.34. The number of benzene rings is 1. The summed E-state index contributed by atoms with van der Waals surface area (Å²) < 4.78 is 47.0. The van der Waals surface area contributed by atoms with Crippen LogP contribution in [0.15, 0.2) is 24.3 Å². The Morgan fingerprint density at radius 2 is 2.00 bits per heavy atom. The molecule has 10 heteroatoms. The van der Waals surface area contributed by atoms with Crippen molar-refractivity contribution in [2.45, 2.75) is 44.6 Å². The van der Waals surface area contributed by atoms with Crippen LogP contribution in [0.1, 0.15) is 48.4 Å². The molecule has 1 amide bonds. The molecule has 0 bridgehead atoms. The van der Waals surface area contributed by atoms with E-state index in [0.717, 1.165) is 4.68 Å². The summed E-state index contributed by atoms with van der Waals surface area (Å²) >= 11 is 6.24. The number of hydrogen-bond donors (Lipinski definition) is 2. The summed E-state index contributed by atoms with van der Waals surface area (Å²) in [6.45, 7) is 3.47. The SMILES string of the molecule is COc1ccc([C@@H]2C[C@@H](C(F)(F)F)n3nc(C(=O)NC(C)C)c(Cl)c3N2)cc1. The molecule has 2 aromatic rings. The van der Waals surface area contributed by atoms with Crippen LogP contribution in [-0.4, -0.2) is 35.0 Å². The molecule has 0 saturated carbocycles. The van der Waals surface area contributed by atoms with Crippen LogP contribution in [0.25, 0.3) is 0 Å². The minimum absolute atomic E-state index is 0.0232. The van der Waals surface area contributed by atoms with Crippen molar-refractivity contribution >= 4 is 23.3 Å². The maximum absolute atomic E-state index is 13.7. The van der Waals surface area contributed by atoms with Crippen molar-refractivity contribution in [1.29, 1.82) is 0 Å². The maximum atomic E-state index is 13.7. The van der Waals surface area contributed by atoms with Gasteiger partial charge in [0, 0.05) is 12.5 Å². The Bertz CT molecular complexity index is 865. The fourth-order valence-corrected chi connectivity index (χ4v) is 3.38. The monoisotopic (exact) mass is 416 g/mol. The van der Waals surface area contributed by atoms with Crippen molar-refractivity contribution in [1.82, 2.24) is 15.1 Å². The number of amides is 1. The molecule has 1 aliphatic rings. The van der Waals surface area contributed by atoms with E-state index in [-0.39, 0.29) is 29.0 Å². The number of methoxy groups -OCH3 is 1. The van der Waals surface area contributed by atoms with Gasteiger partial charge in [0.1, 0.15) is 16.6 Å². The zero-order valence-electron chi connectivity index (χ0n) is 15.5. The molecule has 1 aromatic heterocycles. The van der Waals surface area contributed by atoms with Crippen LogP contribution < -0.4 is 15.4 Å². The summed E-state index contributed by atoms with van der Waals surface area (Å²) in [5.74, 6) is -0.0433. The molecular weight excluding hydrogens is 397 g/mol. The lowest BCUT2D eigenvalue weighted by molar-refractivity contribution is -0.173. The minimum Gasteiger partial charge on any atom is -0.497 e. The first-order chi connectivity index (χ1) is 13.1. The van der Waals surface area contributed by atoms with E-state index in [1.165, 1.54) is 7.11 Å². The molecule has 2 atom stereocenters. The van der Waals surface area contributed by atoms with Crippen LogP contribution in [0, 0.1) is 0 Å². The summed E-state index contributed by atoms with van der Waals surface area (Å²) in [7, 11) is 1.51. The lowest BCUT2D eigenvalue weighted by Crippen LogP contribution is -2.36. The van der Waals surface area contributed by atoms with E-state index < -0.39 is 24.2 Å². The largest absolute Gasteiger partial charge is 0.497 e. The van der Waals surface area contributed by atoms with Crippen LogP contribution in [-0.2, 0) is 0 Å². The van der Waals surface area contributed by atoms with Gasteiger partial charge in [-0.1, -0.05) is 23.7 Å². The van der Waals surface area contributed by atoms with E-state index in [1.807, 2.05) is 0 Å². The Balaban J connectivity index is 2.01. The standard InChI is InChI=1S/C18H20ClF3N4O2/c1-9(2)23-17(27)15-14(19)16-24-12(10-4-6-11(28-3)7-5-10)8-13(18(20,21)22)26(16)25-15/h4-7,9,12-13,24H,8H2,1-3H3,(H,23,27)/t12-,13-/m0/s1. The third kappa shape index (κ3) is 3.89. The van der Waals surface area contributed by atoms with Gasteiger partial charge in [-0.2, -0.15) is 18.3 Å². The van der Waals surface area contributed by atoms with Crippen LogP contribution in [0.4, 0.5) is 19.0 Å². The predicted molar refractivity (Wildman–Crippen MR) is 98.9 cm³/mol. The molecule has 1 aromatic carbocycles. The second kappa shape index (κ2) is 7.54. The molecule has 2 N–H and O–H groups in total. The van der Waals surface area contributed by atoms with Crippen LogP contribution in [0.5, 0.6) is 5.75 Å². The van der Waals surface area contributed by atoms with Crippen molar-refractivity contribution in [2.75, 3.05) is 12.4 Å². The van der Waals surface area contributed by atoms with Gasteiger partial charge in [-0.3, -0.25) is 4.79 Å². The highest BCUT2D eigenvalue weighted by molar-refractivity contribution is 6.36. The number of carbonyl (C=O) groups is 1. The minimum atomic E-state index is -4.55. The van der Waals surface area contributed by atoms with Gasteiger partial charge in [0.2, 0.25) is 0 Å². The number of aromatic nitrogens is 2. The second-order valence-corrected chi connectivity index (χ2v) is 7.23. The van der Waals surface area contributed by atoms with Crippen molar-refractivity contribution in [3.8, 4) is 5.75 Å². The second-order valence-electron chi connectivity index (χ2n) is 6.85. The fourth-order valence-electron chi connectivity index (χ4n) is 3.12. The summed E-state index contributed by atoms with van der Waals surface area (Å²) in [5, 5.41) is 9.34. The Morgan fingerprint density at radius 3 is 2.54 bits per heavy atom. The summed E-state index contributed by atoms with van der Waals surface area (Å²) in [6.07, 6.45) is -4.84. The summed E-state index contributed by atoms with van der Waals surface area (Å²) in [4.78, 5) is 12.3. The molecule has 28 heavy (non-hydrogen) atoms. The van der Waals surface area contributed by atoms with Gasteiger partial charge in [0.05, 0.1) is 13.2 Å². The average molecular weight is 417 g/mol. The van der Waals surface area contributed by atoms with Crippen LogP contribution >= 0.6 is 11.6 Å². The number of alkyl halides is 3. The van der Waals surface area contributed by atoms with E-state index in [9.17, 15) is 18.0 Å². The molecule has 0 saturated heterocycles. The number of anilines is 1. The van der Waals surface area contributed by atoms with Crippen LogP contribution in [0.3, 0.4) is 0 Å². The quantitative estimate of drug-likeness (QED) is 0.777. The van der Waals surface area contributed by atoms with Gasteiger partial charge in [-0.15, -0.1) is 0 Å². The highest BCUT2D eigenvalue weighted by Crippen LogP contribution is 2.46. The number of rotatable bonds is 4. The highest BCUT2D eigenvalue weighted by atomic mass is 35.5. The number of hydrogen-bond acceptors (Lipinski definition) is 4. The Morgan fingerprint density at radius 1 is 1.36 bits per heavy atom. The number of ether oxygens (including phenoxy) is 1. The van der Waals surface area contributed by atoms with E-state index in [2.05, 4.69) is 15.7 Å². The molecule has 0 unspecified atom stereocenters. The number of halogens is 4. The first-order valence-corrected chi connectivity index (χ1v) is 9.05. The van der Waals surface area contributed by atoms with E-state index >= 15 is 0 Å². The molecule has 0 radical (unpaired) electrons. The van der Waals surface area contributed by atoms with Gasteiger partial charge in [-0.25, -0.2) is 4.68 Å². The average Bonchev–Trinajstić information content (AvgIpc) is 2.96. The van der Waals surface area contributed by atoms with Gasteiger partial charge in [0.25, 0.3) is 5.91 Å². The smallest absolute Gasteiger partial charge is 0.410 e. The number of nitrogens with one attached hydrogen (secondary N) is 2. The summed E-state index contributed by atoms with van der Waals surface area (Å²) in [5.41, 5.74) is 0.411. The Kier molecular flexibility index (Phi) is 5.47. The Labute approximate surface area is 165 Å². The van der Waals surface area contributed by atoms with Gasteiger partial charge in [-0.05, 0) is 31.5 Å². The molecule has 6 nitrogen and oxygen atoms in total. The molecule has 3 rings (SSSR count). The zero-order chi connectivity index (χ0) is 20.6. The molecule has 0 aliphatic carbocycles. The van der Waals surface area contributed by atoms with Crippen LogP contribution in [0.2, 0.25) is 5.02 Å². The first kappa shape index (κ1) is 20.3. The fraction of sp³-hybridized carbons (Fsp3) is 0.444. The van der Waals surface area contributed by atoms with Crippen molar-refractivity contribution < 1.29 is 22.7 Å². The van der Waals surface area contributed by atoms with Crippen molar-refractivity contribution in [3.05, 3.63) is 40.5 Å². The van der Waals surface area contributed by atoms with E-state index in [0.29, 0.717) is 11.3 Å². The molecule has 2 heterocycles. The zero-order valence-corrected chi connectivity index (χ0v) is 16.2. The van der Waals surface area contributed by atoms with Crippen molar-refractivity contribution in [2.24, 2.45) is 0 Å². The molecule has 0 spiro atoms. The topological polar surface area (TPSA) is 68.2 Å². The molecule has 152 valence electrons. The van der Waals surface area contributed by atoms with Gasteiger partial charge < -0.3 is 15.4 Å². The normalized spacial score (nSPS) is 19.1. The molecular formula is C18H20ClF3N4O2. The van der Waals surface area contributed by atoms with Gasteiger partial charge in [0.15, 0.2) is 11.7 Å². The Hall–Kier alpha value is -2.42. The van der Waals surface area contributed by atoms with Crippen molar-refractivity contribution in [3.63, 3.8) is 0 Å². The number of fused-ring (bicyclic) bond motifs is 1. The third-order valence-corrected chi connectivity index (χ3v) is 4.81. The molecule has 1 aliphatic heterocycles.